The van der Waals surface area contributed by atoms with Gasteiger partial charge in [0.2, 0.25) is 0 Å². The number of fused-ring (bicyclic) bond motifs is 11. The number of hydrogen-bond acceptors (Lipinski definition) is 0. The Hall–Kier alpha value is -6.44. The van der Waals surface area contributed by atoms with Crippen LogP contribution in [0, 0.1) is 0 Å². The van der Waals surface area contributed by atoms with Crippen LogP contribution >= 0.6 is 0 Å². The maximum Gasteiger partial charge on any atom is 0.0628 e. The normalized spacial score (nSPS) is 12.8. The molecule has 8 aromatic rings. The van der Waals surface area contributed by atoms with E-state index in [0.717, 1.165) is 6.42 Å². The molecule has 2 aliphatic carbocycles. The van der Waals surface area contributed by atoms with Gasteiger partial charge in [-0.2, -0.15) is 0 Å². The molecule has 51 heavy (non-hydrogen) atoms. The monoisotopic (exact) mass is 651 g/mol. The number of allylic oxidation sites excluding steroid dienone is 7. The molecule has 0 radical (unpaired) electrons. The highest BCUT2D eigenvalue weighted by Crippen LogP contribution is 2.50. The first-order chi connectivity index (χ1) is 25.2. The van der Waals surface area contributed by atoms with Crippen LogP contribution in [0.4, 0.5) is 0 Å². The SMILES string of the molecule is C=CC1=C(/C=C\C)Cc2c1c1c(c3ccccc23)c2ccccc2n1-c1cccc(-c2ccc3c4c(cccc24)-c2ccccc2-3)c1.C=CC=C. The second kappa shape index (κ2) is 12.2. The molecule has 0 fully saturated rings. The summed E-state index contributed by atoms with van der Waals surface area (Å²) in [7, 11) is 0. The Kier molecular flexibility index (Phi) is 7.30. The van der Waals surface area contributed by atoms with Gasteiger partial charge in [0.05, 0.1) is 11.0 Å². The van der Waals surface area contributed by atoms with E-state index in [4.69, 9.17) is 0 Å². The van der Waals surface area contributed by atoms with E-state index in [9.17, 15) is 0 Å². The molecule has 0 saturated heterocycles. The van der Waals surface area contributed by atoms with Gasteiger partial charge in [-0.3, -0.25) is 0 Å². The summed E-state index contributed by atoms with van der Waals surface area (Å²) >= 11 is 0. The summed E-state index contributed by atoms with van der Waals surface area (Å²) in [6, 6.07) is 47.2. The molecule has 0 saturated carbocycles. The van der Waals surface area contributed by atoms with Crippen LogP contribution in [0.15, 0.2) is 183 Å². The molecule has 1 heterocycles. The van der Waals surface area contributed by atoms with E-state index >= 15 is 0 Å². The number of aromatic nitrogens is 1. The average molecular weight is 652 g/mol. The Bertz CT molecular complexity index is 2800. The van der Waals surface area contributed by atoms with Gasteiger partial charge in [0, 0.05) is 22.0 Å². The Labute approximate surface area is 299 Å². The Morgan fingerprint density at radius 3 is 1.94 bits per heavy atom. The zero-order valence-corrected chi connectivity index (χ0v) is 28.8. The minimum absolute atomic E-state index is 0.905. The average Bonchev–Trinajstić information content (AvgIpc) is 3.84. The van der Waals surface area contributed by atoms with E-state index in [1.165, 1.54) is 105 Å². The Morgan fingerprint density at radius 2 is 1.20 bits per heavy atom. The summed E-state index contributed by atoms with van der Waals surface area (Å²) in [5.41, 5.74) is 16.7. The van der Waals surface area contributed by atoms with Crippen molar-refractivity contribution in [2.24, 2.45) is 0 Å². The van der Waals surface area contributed by atoms with Crippen LogP contribution in [0.5, 0.6) is 0 Å². The molecule has 242 valence electrons. The van der Waals surface area contributed by atoms with Crippen LogP contribution in [0.25, 0.3) is 88.0 Å². The van der Waals surface area contributed by atoms with Gasteiger partial charge in [0.25, 0.3) is 0 Å². The van der Waals surface area contributed by atoms with Crippen molar-refractivity contribution in [3.05, 3.63) is 194 Å². The fourth-order valence-corrected chi connectivity index (χ4v) is 8.64. The fraction of sp³-hybridized carbons (Fsp3) is 0.0400. The van der Waals surface area contributed by atoms with Crippen molar-refractivity contribution in [1.82, 2.24) is 4.57 Å². The third-order valence-electron chi connectivity index (χ3n) is 10.6. The summed E-state index contributed by atoms with van der Waals surface area (Å²) in [5.74, 6) is 0. The van der Waals surface area contributed by atoms with Gasteiger partial charge in [-0.05, 0) is 103 Å². The fourth-order valence-electron chi connectivity index (χ4n) is 8.64. The summed E-state index contributed by atoms with van der Waals surface area (Å²) in [5, 5.41) is 7.89. The third kappa shape index (κ3) is 4.48. The van der Waals surface area contributed by atoms with Crippen molar-refractivity contribution in [2.45, 2.75) is 13.3 Å². The smallest absolute Gasteiger partial charge is 0.0628 e. The van der Waals surface area contributed by atoms with Gasteiger partial charge in [-0.25, -0.2) is 0 Å². The summed E-state index contributed by atoms with van der Waals surface area (Å²) in [4.78, 5) is 0. The van der Waals surface area contributed by atoms with Crippen molar-refractivity contribution in [2.75, 3.05) is 0 Å². The van der Waals surface area contributed by atoms with E-state index < -0.39 is 0 Å². The summed E-state index contributed by atoms with van der Waals surface area (Å²) < 4.78 is 2.51. The second-order valence-electron chi connectivity index (χ2n) is 13.3. The standard InChI is InChI=1S/C46H31N.C4H6/c1-3-13-28-27-41-35-18-7-8-19-38(35)45-40-20-9-10-23-42(40)47(46(45)44(41)31(28)4-2)30-15-11-14-29(26-30)32-24-25-39-34-17-6-5-16-33(34)37-22-12-21-36(32)43(37)39;1-3-4-2/h3-26H,2,27H2,1H3;3-4H,1-2H2/b13-3-;. The van der Waals surface area contributed by atoms with Gasteiger partial charge in [-0.1, -0.05) is 159 Å². The molecule has 0 bridgehead atoms. The molecule has 0 spiro atoms. The maximum atomic E-state index is 4.33. The molecule has 0 aliphatic heterocycles. The molecular formula is C50H37N. The van der Waals surface area contributed by atoms with Gasteiger partial charge in [0.1, 0.15) is 0 Å². The van der Waals surface area contributed by atoms with Gasteiger partial charge in [-0.15, -0.1) is 0 Å². The van der Waals surface area contributed by atoms with Gasteiger partial charge in [0.15, 0.2) is 0 Å². The molecule has 0 amide bonds. The minimum Gasteiger partial charge on any atom is -0.309 e. The first-order valence-corrected chi connectivity index (χ1v) is 17.6. The van der Waals surface area contributed by atoms with Crippen LogP contribution in [-0.4, -0.2) is 4.57 Å². The molecular weight excluding hydrogens is 615 g/mol. The molecule has 2 aliphatic rings. The van der Waals surface area contributed by atoms with Crippen molar-refractivity contribution in [3.63, 3.8) is 0 Å². The van der Waals surface area contributed by atoms with Crippen LogP contribution in [0.2, 0.25) is 0 Å². The van der Waals surface area contributed by atoms with Crippen molar-refractivity contribution in [3.8, 4) is 39.1 Å². The highest BCUT2D eigenvalue weighted by molar-refractivity contribution is 6.26. The predicted octanol–water partition coefficient (Wildman–Crippen LogP) is 13.8. The number of hydrogen-bond donors (Lipinski definition) is 0. The lowest BCUT2D eigenvalue weighted by molar-refractivity contribution is 1.17. The number of nitrogens with zero attached hydrogens (tertiary/aromatic N) is 1. The first kappa shape index (κ1) is 30.6. The lowest BCUT2D eigenvalue weighted by Gasteiger charge is -2.16. The van der Waals surface area contributed by atoms with E-state index in [1.54, 1.807) is 12.2 Å². The van der Waals surface area contributed by atoms with Crippen LogP contribution in [-0.2, 0) is 6.42 Å². The van der Waals surface area contributed by atoms with Gasteiger partial charge < -0.3 is 4.57 Å². The van der Waals surface area contributed by atoms with Crippen LogP contribution in [0.1, 0.15) is 18.1 Å². The second-order valence-corrected chi connectivity index (χ2v) is 13.3. The van der Waals surface area contributed by atoms with E-state index in [2.05, 4.69) is 177 Å². The third-order valence-corrected chi connectivity index (χ3v) is 10.6. The first-order valence-electron chi connectivity index (χ1n) is 17.6. The highest BCUT2D eigenvalue weighted by Gasteiger charge is 2.28. The van der Waals surface area contributed by atoms with Crippen molar-refractivity contribution < 1.29 is 0 Å². The predicted molar refractivity (Wildman–Crippen MR) is 222 cm³/mol. The quantitative estimate of drug-likeness (QED) is 0.163. The Morgan fingerprint density at radius 1 is 0.569 bits per heavy atom. The lowest BCUT2D eigenvalue weighted by atomic mass is 9.93. The summed E-state index contributed by atoms with van der Waals surface area (Å²) in [6.45, 7) is 13.2. The topological polar surface area (TPSA) is 4.93 Å². The van der Waals surface area contributed by atoms with Gasteiger partial charge >= 0.3 is 0 Å². The molecule has 7 aromatic carbocycles. The number of rotatable bonds is 5. The zero-order valence-electron chi connectivity index (χ0n) is 28.8. The highest BCUT2D eigenvalue weighted by atomic mass is 15.0. The largest absolute Gasteiger partial charge is 0.309 e. The van der Waals surface area contributed by atoms with Crippen molar-refractivity contribution in [1.29, 1.82) is 0 Å². The molecule has 0 unspecified atom stereocenters. The molecule has 0 N–H and O–H groups in total. The van der Waals surface area contributed by atoms with E-state index in [-0.39, 0.29) is 0 Å². The minimum atomic E-state index is 0.905. The molecule has 1 nitrogen and oxygen atoms in total. The summed E-state index contributed by atoms with van der Waals surface area (Å²) in [6.07, 6.45) is 10.7. The number of benzene rings is 7. The van der Waals surface area contributed by atoms with Crippen molar-refractivity contribution >= 4 is 48.9 Å². The van der Waals surface area contributed by atoms with Crippen LogP contribution in [0.3, 0.4) is 0 Å². The van der Waals surface area contributed by atoms with E-state index in [1.807, 2.05) is 0 Å². The molecule has 1 heteroatoms. The molecule has 1 aromatic heterocycles. The van der Waals surface area contributed by atoms with E-state index in [0.29, 0.717) is 0 Å². The Balaban J connectivity index is 0.000000830. The maximum absolute atomic E-state index is 4.33. The van der Waals surface area contributed by atoms with Crippen LogP contribution < -0.4 is 0 Å². The number of para-hydroxylation sites is 1. The zero-order chi connectivity index (χ0) is 34.6. The lowest BCUT2D eigenvalue weighted by Crippen LogP contribution is -1.99. The molecule has 10 rings (SSSR count). The molecule has 0 atom stereocenters.